The quantitative estimate of drug-likeness (QED) is 0.191. The molecule has 1 aromatic heterocycles. The molecule has 2 aromatic carbocycles. The van der Waals surface area contributed by atoms with Crippen molar-refractivity contribution < 1.29 is 42.1 Å². The summed E-state index contributed by atoms with van der Waals surface area (Å²) >= 11 is 1.20. The van der Waals surface area contributed by atoms with Crippen LogP contribution in [0.1, 0.15) is 52.2 Å². The minimum Gasteiger partial charge on any atom is -0.406 e. The van der Waals surface area contributed by atoms with E-state index in [1.54, 1.807) is 23.1 Å². The Morgan fingerprint density at radius 2 is 1.77 bits per heavy atom. The van der Waals surface area contributed by atoms with Gasteiger partial charge in [0.2, 0.25) is 5.91 Å². The Bertz CT molecular complexity index is 1310. The molecule has 0 bridgehead atoms. The monoisotopic (exact) mass is 566 g/mol. The number of benzene rings is 2. The van der Waals surface area contributed by atoms with Crippen molar-refractivity contribution in [3.63, 3.8) is 0 Å². The van der Waals surface area contributed by atoms with Crippen molar-refractivity contribution in [1.82, 2.24) is 4.90 Å². The van der Waals surface area contributed by atoms with Gasteiger partial charge < -0.3 is 20.3 Å². The molecule has 208 valence electrons. The number of aryl methyl sites for hydroxylation is 1. The number of thiophene rings is 1. The number of carbonyl (C=O) groups excluding carboxylic acids is 2. The van der Waals surface area contributed by atoms with Gasteiger partial charge in [-0.15, -0.1) is 24.5 Å². The highest BCUT2D eigenvalue weighted by atomic mass is 32.1. The van der Waals surface area contributed by atoms with Crippen LogP contribution in [-0.2, 0) is 11.2 Å². The van der Waals surface area contributed by atoms with Crippen molar-refractivity contribution in [2.45, 2.75) is 50.9 Å². The smallest absolute Gasteiger partial charge is 0.406 e. The molecule has 12 heteroatoms. The maximum absolute atomic E-state index is 13.4. The van der Waals surface area contributed by atoms with Crippen LogP contribution in [0.5, 0.6) is 5.75 Å². The standard InChI is InChI=1S/C27H26F4N2O5S/c1-2-19-13-20(24(35)16-5-9-18(10-6-16)38-27(29,30)31)25(39-19)32-23(34)14-33-21(11-12-22(33)26(36)37)15-3-7-17(28)8-4-15/h3-10,13,21-22,26,36-37H,2,11-12,14H2,1H3,(H,32,34)/t21-,22-/m1/s1. The maximum atomic E-state index is 13.4. The van der Waals surface area contributed by atoms with E-state index in [1.807, 2.05) is 6.92 Å². The summed E-state index contributed by atoms with van der Waals surface area (Å²) < 4.78 is 54.7. The Kier molecular flexibility index (Phi) is 8.70. The van der Waals surface area contributed by atoms with Crippen LogP contribution >= 0.6 is 11.3 Å². The van der Waals surface area contributed by atoms with E-state index in [2.05, 4.69) is 10.1 Å². The fourth-order valence-electron chi connectivity index (χ4n) is 4.66. The van der Waals surface area contributed by atoms with Crippen LogP contribution in [0.15, 0.2) is 54.6 Å². The molecule has 3 N–H and O–H groups in total. The molecule has 1 aliphatic rings. The number of likely N-dealkylation sites (tertiary alicyclic amines) is 1. The first-order valence-electron chi connectivity index (χ1n) is 12.2. The Balaban J connectivity index is 1.53. The molecule has 39 heavy (non-hydrogen) atoms. The topological polar surface area (TPSA) is 99.1 Å². The molecule has 2 heterocycles. The van der Waals surface area contributed by atoms with E-state index in [4.69, 9.17) is 0 Å². The number of amides is 1. The molecule has 7 nitrogen and oxygen atoms in total. The molecule has 4 rings (SSSR count). The summed E-state index contributed by atoms with van der Waals surface area (Å²) in [5.74, 6) is -1.87. The normalized spacial score (nSPS) is 17.9. The van der Waals surface area contributed by atoms with Gasteiger partial charge in [0.25, 0.3) is 0 Å². The van der Waals surface area contributed by atoms with Crippen LogP contribution in [0.4, 0.5) is 22.6 Å². The van der Waals surface area contributed by atoms with E-state index in [9.17, 15) is 37.4 Å². The van der Waals surface area contributed by atoms with Gasteiger partial charge in [0.1, 0.15) is 16.6 Å². The average molecular weight is 567 g/mol. The molecule has 1 fully saturated rings. The van der Waals surface area contributed by atoms with Crippen molar-refractivity contribution >= 4 is 28.0 Å². The molecule has 1 amide bonds. The Labute approximate surface area is 225 Å². The molecule has 0 unspecified atom stereocenters. The zero-order valence-corrected chi connectivity index (χ0v) is 21.6. The fourth-order valence-corrected chi connectivity index (χ4v) is 5.67. The summed E-state index contributed by atoms with van der Waals surface area (Å²) in [5.41, 5.74) is 1.02. The average Bonchev–Trinajstić information content (AvgIpc) is 3.48. The highest BCUT2D eigenvalue weighted by Gasteiger charge is 2.39. The van der Waals surface area contributed by atoms with Gasteiger partial charge >= 0.3 is 6.36 Å². The number of aliphatic hydroxyl groups is 2. The number of halogens is 4. The van der Waals surface area contributed by atoms with Crippen molar-refractivity contribution in [2.24, 2.45) is 0 Å². The molecular weight excluding hydrogens is 540 g/mol. The van der Waals surface area contributed by atoms with Gasteiger partial charge in [0.05, 0.1) is 18.2 Å². The van der Waals surface area contributed by atoms with Crippen LogP contribution in [0.25, 0.3) is 0 Å². The van der Waals surface area contributed by atoms with Gasteiger partial charge in [0.15, 0.2) is 12.1 Å². The number of hydrogen-bond acceptors (Lipinski definition) is 7. The molecule has 0 spiro atoms. The summed E-state index contributed by atoms with van der Waals surface area (Å²) in [5, 5.41) is 22.8. The lowest BCUT2D eigenvalue weighted by molar-refractivity contribution is -0.274. The van der Waals surface area contributed by atoms with Crippen molar-refractivity contribution in [3.8, 4) is 5.75 Å². The number of ether oxygens (including phenoxy) is 1. The molecule has 0 aliphatic carbocycles. The number of nitrogens with one attached hydrogen (secondary N) is 1. The Morgan fingerprint density at radius 3 is 2.36 bits per heavy atom. The number of nitrogens with zero attached hydrogens (tertiary/aromatic N) is 1. The lowest BCUT2D eigenvalue weighted by atomic mass is 10.0. The van der Waals surface area contributed by atoms with Crippen LogP contribution in [0.3, 0.4) is 0 Å². The van der Waals surface area contributed by atoms with Crippen LogP contribution in [-0.4, -0.2) is 52.0 Å². The van der Waals surface area contributed by atoms with Gasteiger partial charge in [-0.2, -0.15) is 0 Å². The Hall–Kier alpha value is -3.32. The van der Waals surface area contributed by atoms with Gasteiger partial charge in [-0.1, -0.05) is 19.1 Å². The van der Waals surface area contributed by atoms with Crippen LogP contribution in [0.2, 0.25) is 0 Å². The van der Waals surface area contributed by atoms with E-state index in [0.29, 0.717) is 19.3 Å². The van der Waals surface area contributed by atoms with Gasteiger partial charge in [0, 0.05) is 16.5 Å². The second-order valence-corrected chi connectivity index (χ2v) is 10.2. The third-order valence-electron chi connectivity index (χ3n) is 6.47. The van der Waals surface area contributed by atoms with Gasteiger partial charge in [-0.25, -0.2) is 4.39 Å². The predicted octanol–water partition coefficient (Wildman–Crippen LogP) is 5.03. The lowest BCUT2D eigenvalue weighted by Crippen LogP contribution is -2.44. The van der Waals surface area contributed by atoms with E-state index in [-0.39, 0.29) is 28.7 Å². The summed E-state index contributed by atoms with van der Waals surface area (Å²) in [4.78, 5) is 28.8. The van der Waals surface area contributed by atoms with E-state index in [1.165, 1.54) is 35.6 Å². The summed E-state index contributed by atoms with van der Waals surface area (Å²) in [7, 11) is 0. The largest absolute Gasteiger partial charge is 0.573 e. The van der Waals surface area contributed by atoms with Crippen LogP contribution in [0, 0.1) is 5.82 Å². The van der Waals surface area contributed by atoms with Gasteiger partial charge in [-0.05, 0) is 67.3 Å². The number of rotatable bonds is 9. The molecule has 3 aromatic rings. The molecule has 2 atom stereocenters. The van der Waals surface area contributed by atoms with Crippen molar-refractivity contribution in [1.29, 1.82) is 0 Å². The minimum absolute atomic E-state index is 0.111. The van der Waals surface area contributed by atoms with Crippen LogP contribution < -0.4 is 10.1 Å². The van der Waals surface area contributed by atoms with Crippen molar-refractivity contribution in [2.75, 3.05) is 11.9 Å². The number of carbonyl (C=O) groups is 2. The number of hydrogen-bond donors (Lipinski definition) is 3. The summed E-state index contributed by atoms with van der Waals surface area (Å²) in [6.07, 6.45) is -5.04. The highest BCUT2D eigenvalue weighted by Crippen LogP contribution is 2.37. The first-order valence-corrected chi connectivity index (χ1v) is 13.0. The fraction of sp³-hybridized carbons (Fsp3) is 0.333. The molecular formula is C27H26F4N2O5S. The summed E-state index contributed by atoms with van der Waals surface area (Å²) in [6.45, 7) is 1.65. The molecule has 1 aliphatic heterocycles. The van der Waals surface area contributed by atoms with Crippen molar-refractivity contribution in [3.05, 3.63) is 82.0 Å². The molecule has 0 radical (unpaired) electrons. The first kappa shape index (κ1) is 28.7. The maximum Gasteiger partial charge on any atom is 0.573 e. The zero-order chi connectivity index (χ0) is 28.3. The molecule has 1 saturated heterocycles. The lowest BCUT2D eigenvalue weighted by Gasteiger charge is -2.30. The third kappa shape index (κ3) is 7.01. The van der Waals surface area contributed by atoms with Gasteiger partial charge in [-0.3, -0.25) is 14.5 Å². The molecule has 0 saturated carbocycles. The zero-order valence-electron chi connectivity index (χ0n) is 20.7. The SMILES string of the molecule is CCc1cc(C(=O)c2ccc(OC(F)(F)F)cc2)c(NC(=O)CN2[C@@H](c3ccc(F)cc3)CC[C@@H]2C(O)O)s1. The number of ketones is 1. The van der Waals surface area contributed by atoms with E-state index in [0.717, 1.165) is 22.6 Å². The van der Waals surface area contributed by atoms with E-state index < -0.39 is 42.0 Å². The van der Waals surface area contributed by atoms with E-state index >= 15 is 0 Å². The minimum atomic E-state index is -4.86. The second-order valence-electron chi connectivity index (χ2n) is 9.06. The number of alkyl halides is 3. The highest BCUT2D eigenvalue weighted by molar-refractivity contribution is 7.16. The second kappa shape index (κ2) is 11.8. The Morgan fingerprint density at radius 1 is 1.10 bits per heavy atom. The predicted molar refractivity (Wildman–Crippen MR) is 136 cm³/mol. The number of anilines is 1. The summed E-state index contributed by atoms with van der Waals surface area (Å²) in [6, 6.07) is 10.8. The third-order valence-corrected chi connectivity index (χ3v) is 7.66. The number of aliphatic hydroxyl groups excluding tert-OH is 1. The first-order chi connectivity index (χ1) is 18.4.